The van der Waals surface area contributed by atoms with Crippen LogP contribution in [0.15, 0.2) is 41.8 Å². The Morgan fingerprint density at radius 2 is 1.91 bits per heavy atom. The van der Waals surface area contributed by atoms with Crippen molar-refractivity contribution in [3.05, 3.63) is 47.3 Å². The predicted molar refractivity (Wildman–Crippen MR) is 141 cm³/mol. The molecule has 0 aliphatic carbocycles. The second-order valence-corrected chi connectivity index (χ2v) is 10.5. The molecular formula is C27H34N4O3S. The van der Waals surface area contributed by atoms with E-state index in [2.05, 4.69) is 32.6 Å². The average molecular weight is 495 g/mol. The van der Waals surface area contributed by atoms with Crippen LogP contribution in [0.5, 0.6) is 0 Å². The number of rotatable bonds is 7. The van der Waals surface area contributed by atoms with Crippen molar-refractivity contribution in [1.29, 1.82) is 0 Å². The molecule has 0 radical (unpaired) electrons. The van der Waals surface area contributed by atoms with Crippen molar-refractivity contribution >= 4 is 33.1 Å². The van der Waals surface area contributed by atoms with Gasteiger partial charge in [-0.25, -0.2) is 4.98 Å². The first-order chi connectivity index (χ1) is 17.2. The summed E-state index contributed by atoms with van der Waals surface area (Å²) in [5, 5.41) is 24.9. The second kappa shape index (κ2) is 11.0. The highest BCUT2D eigenvalue weighted by molar-refractivity contribution is 7.17. The van der Waals surface area contributed by atoms with Gasteiger partial charge in [-0.05, 0) is 56.3 Å². The minimum Gasteiger partial charge on any atom is -0.396 e. The van der Waals surface area contributed by atoms with Crippen molar-refractivity contribution in [2.24, 2.45) is 5.92 Å². The van der Waals surface area contributed by atoms with E-state index in [1.54, 1.807) is 11.3 Å². The van der Waals surface area contributed by atoms with Crippen molar-refractivity contribution in [2.45, 2.75) is 31.7 Å². The SMILES string of the molecule is O=C(NCCO)c1ccc(-c2csc3ccccc23)nc1N1CCC(N2CCCC(CO)C2)CC1. The Hall–Kier alpha value is -2.52. The Balaban J connectivity index is 1.40. The van der Waals surface area contributed by atoms with Crippen LogP contribution < -0.4 is 10.2 Å². The van der Waals surface area contributed by atoms with E-state index < -0.39 is 0 Å². The van der Waals surface area contributed by atoms with E-state index in [4.69, 9.17) is 4.98 Å². The van der Waals surface area contributed by atoms with Crippen molar-refractivity contribution in [3.8, 4) is 11.3 Å². The molecule has 186 valence electrons. The summed E-state index contributed by atoms with van der Waals surface area (Å²) in [4.78, 5) is 22.8. The number of carbonyl (C=O) groups is 1. The summed E-state index contributed by atoms with van der Waals surface area (Å²) in [7, 11) is 0. The molecule has 0 bridgehead atoms. The Labute approximate surface area is 210 Å². The summed E-state index contributed by atoms with van der Waals surface area (Å²) < 4.78 is 1.22. The molecule has 2 fully saturated rings. The van der Waals surface area contributed by atoms with Crippen molar-refractivity contribution < 1.29 is 15.0 Å². The molecule has 4 heterocycles. The van der Waals surface area contributed by atoms with Crippen LogP contribution in [0.3, 0.4) is 0 Å². The number of aliphatic hydroxyl groups excluding tert-OH is 2. The maximum absolute atomic E-state index is 12.9. The Morgan fingerprint density at radius 3 is 2.71 bits per heavy atom. The highest BCUT2D eigenvalue weighted by atomic mass is 32.1. The third-order valence-electron chi connectivity index (χ3n) is 7.36. The first-order valence-electron chi connectivity index (χ1n) is 12.6. The number of benzene rings is 1. The molecular weight excluding hydrogens is 460 g/mol. The Morgan fingerprint density at radius 1 is 1.09 bits per heavy atom. The van der Waals surface area contributed by atoms with Gasteiger partial charge in [0.25, 0.3) is 5.91 Å². The zero-order chi connectivity index (χ0) is 24.2. The van der Waals surface area contributed by atoms with Crippen LogP contribution >= 0.6 is 11.3 Å². The number of aromatic nitrogens is 1. The molecule has 1 aromatic carbocycles. The molecule has 2 aromatic heterocycles. The van der Waals surface area contributed by atoms with Crippen LogP contribution in [0, 0.1) is 5.92 Å². The zero-order valence-electron chi connectivity index (χ0n) is 20.0. The summed E-state index contributed by atoms with van der Waals surface area (Å²) >= 11 is 1.71. The lowest BCUT2D eigenvalue weighted by atomic mass is 9.94. The van der Waals surface area contributed by atoms with Gasteiger partial charge in [0.15, 0.2) is 0 Å². The number of hydrogen-bond donors (Lipinski definition) is 3. The van der Waals surface area contributed by atoms with Gasteiger partial charge in [0.1, 0.15) is 5.82 Å². The van der Waals surface area contributed by atoms with Gasteiger partial charge in [0.05, 0.1) is 17.9 Å². The highest BCUT2D eigenvalue weighted by Crippen LogP contribution is 2.35. The van der Waals surface area contributed by atoms with Crippen LogP contribution in [0.4, 0.5) is 5.82 Å². The van der Waals surface area contributed by atoms with E-state index in [-0.39, 0.29) is 25.7 Å². The number of amides is 1. The third kappa shape index (κ3) is 5.21. The summed E-state index contributed by atoms with van der Waals surface area (Å²) in [6.07, 6.45) is 4.30. The molecule has 3 N–H and O–H groups in total. The van der Waals surface area contributed by atoms with Gasteiger partial charge in [0, 0.05) is 59.9 Å². The molecule has 2 aliphatic rings. The monoisotopic (exact) mass is 494 g/mol. The number of likely N-dealkylation sites (tertiary alicyclic amines) is 1. The number of thiophene rings is 1. The quantitative estimate of drug-likeness (QED) is 0.467. The maximum atomic E-state index is 12.9. The number of pyridine rings is 1. The molecule has 35 heavy (non-hydrogen) atoms. The molecule has 1 atom stereocenters. The van der Waals surface area contributed by atoms with Gasteiger partial charge in [-0.15, -0.1) is 11.3 Å². The van der Waals surface area contributed by atoms with E-state index in [1.807, 2.05) is 24.3 Å². The molecule has 7 nitrogen and oxygen atoms in total. The lowest BCUT2D eigenvalue weighted by Gasteiger charge is -2.42. The van der Waals surface area contributed by atoms with Crippen LogP contribution in [-0.4, -0.2) is 78.0 Å². The number of anilines is 1. The lowest BCUT2D eigenvalue weighted by Crippen LogP contribution is -2.49. The van der Waals surface area contributed by atoms with E-state index >= 15 is 0 Å². The van der Waals surface area contributed by atoms with Crippen LogP contribution in [0.1, 0.15) is 36.0 Å². The standard InChI is InChI=1S/C27H34N4O3S/c32-15-11-28-27(34)22-7-8-24(23-18-35-25-6-2-1-5-21(23)25)29-26(22)30-13-9-20(10-14-30)31-12-3-4-19(16-31)17-33/h1-2,5-8,18-20,32-33H,3-4,9-17H2,(H,28,34). The fourth-order valence-electron chi connectivity index (χ4n) is 5.48. The second-order valence-electron chi connectivity index (χ2n) is 9.60. The first-order valence-corrected chi connectivity index (χ1v) is 13.5. The van der Waals surface area contributed by atoms with Crippen LogP contribution in [0.25, 0.3) is 21.3 Å². The minimum atomic E-state index is -0.202. The normalized spacial score (nSPS) is 19.8. The van der Waals surface area contributed by atoms with Gasteiger partial charge in [-0.2, -0.15) is 0 Å². The number of nitrogens with one attached hydrogen (secondary N) is 1. The average Bonchev–Trinajstić information content (AvgIpc) is 3.36. The van der Waals surface area contributed by atoms with Gasteiger partial charge >= 0.3 is 0 Å². The fraction of sp³-hybridized carbons (Fsp3) is 0.481. The molecule has 8 heteroatoms. The number of aliphatic hydroxyl groups is 2. The minimum absolute atomic E-state index is 0.0937. The van der Waals surface area contributed by atoms with Crippen molar-refractivity contribution in [1.82, 2.24) is 15.2 Å². The predicted octanol–water partition coefficient (Wildman–Crippen LogP) is 3.36. The first kappa shape index (κ1) is 24.2. The summed E-state index contributed by atoms with van der Waals surface area (Å²) in [5.41, 5.74) is 2.52. The van der Waals surface area contributed by atoms with Crippen molar-refractivity contribution in [2.75, 3.05) is 50.8 Å². The summed E-state index contributed by atoms with van der Waals surface area (Å²) in [6, 6.07) is 12.6. The Kier molecular flexibility index (Phi) is 7.63. The molecule has 3 aromatic rings. The maximum Gasteiger partial charge on any atom is 0.255 e. The topological polar surface area (TPSA) is 88.9 Å². The molecule has 0 saturated carbocycles. The van der Waals surface area contributed by atoms with Gasteiger partial charge in [-0.3, -0.25) is 9.69 Å². The van der Waals surface area contributed by atoms with E-state index in [0.717, 1.165) is 68.9 Å². The summed E-state index contributed by atoms with van der Waals surface area (Å²) in [6.45, 7) is 4.17. The number of carbonyl (C=O) groups excluding carboxylic acids is 1. The fourth-order valence-corrected chi connectivity index (χ4v) is 6.43. The molecule has 0 spiro atoms. The molecule has 2 saturated heterocycles. The van der Waals surface area contributed by atoms with Gasteiger partial charge < -0.3 is 20.4 Å². The van der Waals surface area contributed by atoms with E-state index in [1.165, 1.54) is 10.1 Å². The highest BCUT2D eigenvalue weighted by Gasteiger charge is 2.30. The van der Waals surface area contributed by atoms with Crippen LogP contribution in [0.2, 0.25) is 0 Å². The lowest BCUT2D eigenvalue weighted by molar-refractivity contribution is 0.0777. The molecule has 1 unspecified atom stereocenters. The van der Waals surface area contributed by atoms with Crippen LogP contribution in [-0.2, 0) is 0 Å². The van der Waals surface area contributed by atoms with Gasteiger partial charge in [0.2, 0.25) is 0 Å². The number of piperidine rings is 2. The van der Waals surface area contributed by atoms with Crippen molar-refractivity contribution in [3.63, 3.8) is 0 Å². The molecule has 5 rings (SSSR count). The Bertz CT molecular complexity index is 1160. The third-order valence-corrected chi connectivity index (χ3v) is 8.33. The number of nitrogens with zero attached hydrogens (tertiary/aromatic N) is 3. The largest absolute Gasteiger partial charge is 0.396 e. The zero-order valence-corrected chi connectivity index (χ0v) is 20.8. The molecule has 2 aliphatic heterocycles. The van der Waals surface area contributed by atoms with E-state index in [0.29, 0.717) is 17.5 Å². The van der Waals surface area contributed by atoms with E-state index in [9.17, 15) is 15.0 Å². The van der Waals surface area contributed by atoms with Gasteiger partial charge in [-0.1, -0.05) is 18.2 Å². The number of hydrogen-bond acceptors (Lipinski definition) is 7. The molecule has 1 amide bonds. The smallest absolute Gasteiger partial charge is 0.255 e. The number of fused-ring (bicyclic) bond motifs is 1. The summed E-state index contributed by atoms with van der Waals surface area (Å²) in [5.74, 6) is 0.910.